The van der Waals surface area contributed by atoms with Crippen LogP contribution < -0.4 is 5.32 Å². The first kappa shape index (κ1) is 15.6. The SMILES string of the molecule is O=C(NCC(c1ccco1)N1CCCC1)OCc1ccccc1. The minimum Gasteiger partial charge on any atom is -0.468 e. The van der Waals surface area contributed by atoms with Crippen LogP contribution in [0.5, 0.6) is 0 Å². The average molecular weight is 314 g/mol. The lowest BCUT2D eigenvalue weighted by Crippen LogP contribution is -2.36. The molecule has 122 valence electrons. The van der Waals surface area contributed by atoms with E-state index in [0.29, 0.717) is 6.54 Å². The Balaban J connectivity index is 1.51. The molecule has 0 spiro atoms. The molecule has 0 saturated carbocycles. The van der Waals surface area contributed by atoms with Gasteiger partial charge in [0.25, 0.3) is 0 Å². The number of ether oxygens (including phenoxy) is 1. The highest BCUT2D eigenvalue weighted by atomic mass is 16.5. The predicted molar refractivity (Wildman–Crippen MR) is 86.9 cm³/mol. The third kappa shape index (κ3) is 4.36. The lowest BCUT2D eigenvalue weighted by molar-refractivity contribution is 0.132. The molecule has 1 saturated heterocycles. The molecule has 1 fully saturated rings. The number of nitrogens with one attached hydrogen (secondary N) is 1. The van der Waals surface area contributed by atoms with Crippen molar-refractivity contribution in [3.63, 3.8) is 0 Å². The third-order valence-electron chi connectivity index (χ3n) is 4.11. The van der Waals surface area contributed by atoms with E-state index in [9.17, 15) is 4.79 Å². The number of rotatable bonds is 6. The summed E-state index contributed by atoms with van der Waals surface area (Å²) in [7, 11) is 0. The van der Waals surface area contributed by atoms with Crippen molar-refractivity contribution in [1.82, 2.24) is 10.2 Å². The van der Waals surface area contributed by atoms with Gasteiger partial charge in [-0.15, -0.1) is 0 Å². The zero-order chi connectivity index (χ0) is 15.9. The predicted octanol–water partition coefficient (Wildman–Crippen LogP) is 3.34. The minimum absolute atomic E-state index is 0.0665. The number of carbonyl (C=O) groups excluding carboxylic acids is 1. The van der Waals surface area contributed by atoms with Crippen LogP contribution in [0.15, 0.2) is 53.1 Å². The Morgan fingerprint density at radius 1 is 1.17 bits per heavy atom. The number of nitrogens with zero attached hydrogens (tertiary/aromatic N) is 1. The molecule has 2 aromatic rings. The molecule has 1 aliphatic rings. The Morgan fingerprint density at radius 2 is 1.96 bits per heavy atom. The molecule has 3 rings (SSSR count). The van der Waals surface area contributed by atoms with Gasteiger partial charge >= 0.3 is 6.09 Å². The summed E-state index contributed by atoms with van der Waals surface area (Å²) < 4.78 is 10.8. The second-order valence-corrected chi connectivity index (χ2v) is 5.72. The number of benzene rings is 1. The van der Waals surface area contributed by atoms with E-state index in [4.69, 9.17) is 9.15 Å². The van der Waals surface area contributed by atoms with Crippen LogP contribution in [0, 0.1) is 0 Å². The van der Waals surface area contributed by atoms with Gasteiger partial charge in [0.15, 0.2) is 0 Å². The van der Waals surface area contributed by atoms with Crippen molar-refractivity contribution in [3.8, 4) is 0 Å². The number of hydrogen-bond acceptors (Lipinski definition) is 4. The van der Waals surface area contributed by atoms with Crippen LogP contribution in [0.1, 0.15) is 30.2 Å². The number of hydrogen-bond donors (Lipinski definition) is 1. The van der Waals surface area contributed by atoms with E-state index >= 15 is 0 Å². The molecule has 2 heterocycles. The fourth-order valence-corrected chi connectivity index (χ4v) is 2.90. The summed E-state index contributed by atoms with van der Waals surface area (Å²) in [5.74, 6) is 0.884. The Morgan fingerprint density at radius 3 is 2.65 bits per heavy atom. The Bertz CT molecular complexity index is 592. The number of alkyl carbamates (subject to hydrolysis) is 1. The topological polar surface area (TPSA) is 54.7 Å². The first-order valence-corrected chi connectivity index (χ1v) is 8.05. The summed E-state index contributed by atoms with van der Waals surface area (Å²) in [6.07, 6.45) is 3.65. The molecule has 1 N–H and O–H groups in total. The molecule has 1 aromatic heterocycles. The fourth-order valence-electron chi connectivity index (χ4n) is 2.90. The molecule has 1 aliphatic heterocycles. The van der Waals surface area contributed by atoms with Gasteiger partial charge in [-0.2, -0.15) is 0 Å². The van der Waals surface area contributed by atoms with Crippen molar-refractivity contribution < 1.29 is 13.9 Å². The van der Waals surface area contributed by atoms with Crippen molar-refractivity contribution in [2.24, 2.45) is 0 Å². The maximum Gasteiger partial charge on any atom is 0.407 e. The van der Waals surface area contributed by atoms with Gasteiger partial charge in [-0.1, -0.05) is 30.3 Å². The second kappa shape index (κ2) is 7.83. The van der Waals surface area contributed by atoms with Gasteiger partial charge in [0.1, 0.15) is 12.4 Å². The summed E-state index contributed by atoms with van der Waals surface area (Å²) in [5, 5.41) is 2.86. The Labute approximate surface area is 136 Å². The Kier molecular flexibility index (Phi) is 5.32. The third-order valence-corrected chi connectivity index (χ3v) is 4.11. The summed E-state index contributed by atoms with van der Waals surface area (Å²) in [6.45, 7) is 2.83. The monoisotopic (exact) mass is 314 g/mol. The summed E-state index contributed by atoms with van der Waals surface area (Å²) >= 11 is 0. The quantitative estimate of drug-likeness (QED) is 0.888. The van der Waals surface area contributed by atoms with Gasteiger partial charge in [0.2, 0.25) is 0 Å². The van der Waals surface area contributed by atoms with Crippen molar-refractivity contribution in [1.29, 1.82) is 0 Å². The molecule has 1 unspecified atom stereocenters. The highest BCUT2D eigenvalue weighted by Gasteiger charge is 2.26. The summed E-state index contributed by atoms with van der Waals surface area (Å²) in [4.78, 5) is 14.3. The molecule has 23 heavy (non-hydrogen) atoms. The maximum atomic E-state index is 11.9. The molecule has 0 bridgehead atoms. The van der Waals surface area contributed by atoms with Gasteiger partial charge in [-0.3, -0.25) is 4.90 Å². The average Bonchev–Trinajstić information content (AvgIpc) is 3.28. The molecule has 1 amide bonds. The van der Waals surface area contributed by atoms with Gasteiger partial charge in [-0.05, 0) is 43.6 Å². The molecular formula is C18H22N2O3. The van der Waals surface area contributed by atoms with Crippen LogP contribution >= 0.6 is 0 Å². The van der Waals surface area contributed by atoms with Crippen LogP contribution in [0.2, 0.25) is 0 Å². The van der Waals surface area contributed by atoms with Crippen LogP contribution in [-0.4, -0.2) is 30.6 Å². The number of carbonyl (C=O) groups is 1. The van der Waals surface area contributed by atoms with E-state index < -0.39 is 6.09 Å². The zero-order valence-corrected chi connectivity index (χ0v) is 13.1. The van der Waals surface area contributed by atoms with Gasteiger partial charge in [0, 0.05) is 6.54 Å². The van der Waals surface area contributed by atoms with E-state index in [-0.39, 0.29) is 12.6 Å². The molecule has 0 radical (unpaired) electrons. The van der Waals surface area contributed by atoms with E-state index in [2.05, 4.69) is 10.2 Å². The number of amides is 1. The summed E-state index contributed by atoms with van der Waals surface area (Å²) in [6, 6.07) is 13.6. The van der Waals surface area contributed by atoms with Gasteiger partial charge < -0.3 is 14.5 Å². The first-order chi connectivity index (χ1) is 11.3. The van der Waals surface area contributed by atoms with Gasteiger partial charge in [-0.25, -0.2) is 4.79 Å². The summed E-state index contributed by atoms with van der Waals surface area (Å²) in [5.41, 5.74) is 0.977. The van der Waals surface area contributed by atoms with E-state index in [1.807, 2.05) is 42.5 Å². The van der Waals surface area contributed by atoms with Crippen LogP contribution in [-0.2, 0) is 11.3 Å². The maximum absolute atomic E-state index is 11.9. The van der Waals surface area contributed by atoms with Crippen LogP contribution in [0.25, 0.3) is 0 Å². The molecule has 5 nitrogen and oxygen atoms in total. The zero-order valence-electron chi connectivity index (χ0n) is 13.1. The minimum atomic E-state index is -0.399. The standard InChI is InChI=1S/C18H22N2O3/c21-18(23-14-15-7-2-1-3-8-15)19-13-16(17-9-6-12-22-17)20-10-4-5-11-20/h1-3,6-9,12,16H,4-5,10-11,13-14H2,(H,19,21). The van der Waals surface area contributed by atoms with Crippen LogP contribution in [0.3, 0.4) is 0 Å². The fraction of sp³-hybridized carbons (Fsp3) is 0.389. The number of likely N-dealkylation sites (tertiary alicyclic amines) is 1. The van der Waals surface area contributed by atoms with Crippen molar-refractivity contribution >= 4 is 6.09 Å². The smallest absolute Gasteiger partial charge is 0.407 e. The van der Waals surface area contributed by atoms with E-state index in [1.54, 1.807) is 6.26 Å². The highest BCUT2D eigenvalue weighted by Crippen LogP contribution is 2.24. The van der Waals surface area contributed by atoms with E-state index in [1.165, 1.54) is 12.8 Å². The van der Waals surface area contributed by atoms with Crippen molar-refractivity contribution in [3.05, 3.63) is 60.1 Å². The van der Waals surface area contributed by atoms with E-state index in [0.717, 1.165) is 24.4 Å². The van der Waals surface area contributed by atoms with Crippen molar-refractivity contribution in [2.45, 2.75) is 25.5 Å². The molecular weight excluding hydrogens is 292 g/mol. The first-order valence-electron chi connectivity index (χ1n) is 8.05. The van der Waals surface area contributed by atoms with Crippen molar-refractivity contribution in [2.75, 3.05) is 19.6 Å². The Hall–Kier alpha value is -2.27. The largest absolute Gasteiger partial charge is 0.468 e. The molecule has 1 atom stereocenters. The number of furan rings is 1. The lowest BCUT2D eigenvalue weighted by atomic mass is 10.2. The second-order valence-electron chi connectivity index (χ2n) is 5.72. The molecule has 1 aromatic carbocycles. The normalized spacial score (nSPS) is 16.2. The highest BCUT2D eigenvalue weighted by molar-refractivity contribution is 5.67. The lowest BCUT2D eigenvalue weighted by Gasteiger charge is -2.25. The molecule has 0 aliphatic carbocycles. The van der Waals surface area contributed by atoms with Crippen LogP contribution in [0.4, 0.5) is 4.79 Å². The van der Waals surface area contributed by atoms with Gasteiger partial charge in [0.05, 0.1) is 12.3 Å². The molecule has 5 heteroatoms.